The quantitative estimate of drug-likeness (QED) is 0.870. The molecule has 0 spiro atoms. The third-order valence-corrected chi connectivity index (χ3v) is 5.04. The number of hydrogen-bond acceptors (Lipinski definition) is 4. The summed E-state index contributed by atoms with van der Waals surface area (Å²) in [5, 5.41) is 6.11. The van der Waals surface area contributed by atoms with Crippen LogP contribution in [0, 0.1) is 5.92 Å². The first-order valence-electron chi connectivity index (χ1n) is 7.75. The van der Waals surface area contributed by atoms with Gasteiger partial charge in [-0.05, 0) is 19.3 Å². The van der Waals surface area contributed by atoms with Crippen molar-refractivity contribution in [3.8, 4) is 10.6 Å². The fourth-order valence-electron chi connectivity index (χ4n) is 2.85. The lowest BCUT2D eigenvalue weighted by Crippen LogP contribution is -2.31. The molecule has 1 aromatic carbocycles. The van der Waals surface area contributed by atoms with Crippen molar-refractivity contribution in [2.45, 2.75) is 31.7 Å². The Balaban J connectivity index is 0.00000192. The van der Waals surface area contributed by atoms with E-state index in [1.807, 2.05) is 18.2 Å². The lowest BCUT2D eigenvalue weighted by Gasteiger charge is -2.09. The van der Waals surface area contributed by atoms with Crippen molar-refractivity contribution >= 4 is 29.7 Å². The van der Waals surface area contributed by atoms with Crippen molar-refractivity contribution in [2.24, 2.45) is 11.7 Å². The molecule has 1 heterocycles. The van der Waals surface area contributed by atoms with E-state index in [9.17, 15) is 4.79 Å². The molecule has 2 atom stereocenters. The second-order valence-electron chi connectivity index (χ2n) is 5.82. The van der Waals surface area contributed by atoms with Gasteiger partial charge in [0, 0.05) is 35.9 Å². The van der Waals surface area contributed by atoms with Gasteiger partial charge in [0.05, 0.1) is 5.69 Å². The fraction of sp³-hybridized carbons (Fsp3) is 0.412. The molecule has 2 unspecified atom stereocenters. The molecule has 4 nitrogen and oxygen atoms in total. The number of hydrogen-bond donors (Lipinski definition) is 2. The average Bonchev–Trinajstić information content (AvgIpc) is 3.17. The number of aromatic nitrogens is 1. The number of halogens is 1. The van der Waals surface area contributed by atoms with E-state index in [4.69, 9.17) is 5.73 Å². The van der Waals surface area contributed by atoms with Crippen molar-refractivity contribution < 1.29 is 4.79 Å². The highest BCUT2D eigenvalue weighted by Gasteiger charge is 2.27. The van der Waals surface area contributed by atoms with Crippen LogP contribution in [0.4, 0.5) is 0 Å². The first-order valence-corrected chi connectivity index (χ1v) is 8.63. The van der Waals surface area contributed by atoms with Crippen LogP contribution in [0.5, 0.6) is 0 Å². The van der Waals surface area contributed by atoms with Gasteiger partial charge in [-0.25, -0.2) is 4.98 Å². The first-order chi connectivity index (χ1) is 10.7. The highest BCUT2D eigenvalue weighted by atomic mass is 35.5. The van der Waals surface area contributed by atoms with Gasteiger partial charge >= 0.3 is 0 Å². The Morgan fingerprint density at radius 1 is 1.30 bits per heavy atom. The molecule has 1 aliphatic rings. The van der Waals surface area contributed by atoms with Gasteiger partial charge in [0.1, 0.15) is 5.01 Å². The molecule has 1 aliphatic carbocycles. The third-order valence-electron chi connectivity index (χ3n) is 4.10. The Morgan fingerprint density at radius 3 is 2.78 bits per heavy atom. The molecule has 124 valence electrons. The van der Waals surface area contributed by atoms with Gasteiger partial charge in [0.15, 0.2) is 0 Å². The Hall–Kier alpha value is -1.43. The molecule has 6 heteroatoms. The molecular formula is C17H22ClN3OS. The molecule has 0 aliphatic heterocycles. The minimum Gasteiger partial charge on any atom is -0.355 e. The highest BCUT2D eigenvalue weighted by Crippen LogP contribution is 2.25. The first kappa shape index (κ1) is 17.9. The zero-order valence-corrected chi connectivity index (χ0v) is 14.5. The minimum atomic E-state index is 0. The van der Waals surface area contributed by atoms with Crippen LogP contribution in [0.15, 0.2) is 35.7 Å². The van der Waals surface area contributed by atoms with Gasteiger partial charge < -0.3 is 11.1 Å². The number of rotatable bonds is 5. The molecule has 1 saturated carbocycles. The molecule has 0 saturated heterocycles. The molecule has 0 bridgehead atoms. The van der Waals surface area contributed by atoms with E-state index in [0.717, 1.165) is 41.9 Å². The molecule has 1 aromatic heterocycles. The van der Waals surface area contributed by atoms with Crippen LogP contribution in [0.2, 0.25) is 0 Å². The van der Waals surface area contributed by atoms with Crippen LogP contribution >= 0.6 is 23.7 Å². The Labute approximate surface area is 146 Å². The summed E-state index contributed by atoms with van der Waals surface area (Å²) >= 11 is 1.65. The summed E-state index contributed by atoms with van der Waals surface area (Å²) in [7, 11) is 0. The van der Waals surface area contributed by atoms with Crippen LogP contribution in [-0.2, 0) is 11.2 Å². The summed E-state index contributed by atoms with van der Waals surface area (Å²) in [5.41, 5.74) is 8.03. The zero-order chi connectivity index (χ0) is 15.4. The van der Waals surface area contributed by atoms with Crippen molar-refractivity contribution in [1.29, 1.82) is 0 Å². The molecule has 3 N–H and O–H groups in total. The molecule has 1 amide bonds. The smallest absolute Gasteiger partial charge is 0.223 e. The van der Waals surface area contributed by atoms with Crippen LogP contribution < -0.4 is 11.1 Å². The molecular weight excluding hydrogens is 330 g/mol. The fourth-order valence-corrected chi connectivity index (χ4v) is 3.71. The Bertz CT molecular complexity index is 632. The van der Waals surface area contributed by atoms with Crippen molar-refractivity contribution in [2.75, 3.05) is 6.54 Å². The monoisotopic (exact) mass is 351 g/mol. The second-order valence-corrected chi connectivity index (χ2v) is 6.68. The molecule has 23 heavy (non-hydrogen) atoms. The van der Waals surface area contributed by atoms with E-state index >= 15 is 0 Å². The third kappa shape index (κ3) is 4.77. The highest BCUT2D eigenvalue weighted by molar-refractivity contribution is 7.13. The molecule has 3 rings (SSSR count). The normalized spacial score (nSPS) is 20.0. The summed E-state index contributed by atoms with van der Waals surface area (Å²) in [6, 6.07) is 10.4. The number of carbonyl (C=O) groups excluding carboxylic acids is 1. The van der Waals surface area contributed by atoms with Crippen molar-refractivity contribution in [3.05, 3.63) is 41.4 Å². The van der Waals surface area contributed by atoms with E-state index in [1.54, 1.807) is 11.3 Å². The van der Waals surface area contributed by atoms with Gasteiger partial charge in [-0.15, -0.1) is 23.7 Å². The topological polar surface area (TPSA) is 68.0 Å². The van der Waals surface area contributed by atoms with Gasteiger partial charge in [-0.2, -0.15) is 0 Å². The number of amides is 1. The maximum absolute atomic E-state index is 12.0. The number of nitrogens with two attached hydrogens (primary N) is 1. The van der Waals surface area contributed by atoms with Gasteiger partial charge in [0.2, 0.25) is 5.91 Å². The van der Waals surface area contributed by atoms with Crippen LogP contribution in [-0.4, -0.2) is 23.5 Å². The summed E-state index contributed by atoms with van der Waals surface area (Å²) in [6.07, 6.45) is 3.47. The van der Waals surface area contributed by atoms with Crippen LogP contribution in [0.1, 0.15) is 25.0 Å². The van der Waals surface area contributed by atoms with Gasteiger partial charge in [-0.3, -0.25) is 4.79 Å². The number of benzene rings is 1. The SMILES string of the molecule is Cl.NC1CCC(C(=O)NCCc2csc(-c3ccccc3)n2)C1. The largest absolute Gasteiger partial charge is 0.355 e. The van der Waals surface area contributed by atoms with E-state index in [0.29, 0.717) is 6.54 Å². The standard InChI is InChI=1S/C17H21N3OS.ClH/c18-14-7-6-13(10-14)16(21)19-9-8-15-11-22-17(20-15)12-4-2-1-3-5-12;/h1-5,11,13-14H,6-10,18H2,(H,19,21);1H. The van der Waals surface area contributed by atoms with Crippen LogP contribution in [0.25, 0.3) is 10.6 Å². The van der Waals surface area contributed by atoms with Gasteiger partial charge in [-0.1, -0.05) is 30.3 Å². The Morgan fingerprint density at radius 2 is 2.09 bits per heavy atom. The van der Waals surface area contributed by atoms with Crippen molar-refractivity contribution in [3.63, 3.8) is 0 Å². The van der Waals surface area contributed by atoms with E-state index in [2.05, 4.69) is 27.8 Å². The number of carbonyl (C=O) groups is 1. The van der Waals surface area contributed by atoms with Crippen molar-refractivity contribution in [1.82, 2.24) is 10.3 Å². The van der Waals surface area contributed by atoms with E-state index < -0.39 is 0 Å². The Kier molecular flexibility index (Phi) is 6.57. The van der Waals surface area contributed by atoms with E-state index in [1.165, 1.54) is 0 Å². The average molecular weight is 352 g/mol. The van der Waals surface area contributed by atoms with E-state index in [-0.39, 0.29) is 30.3 Å². The minimum absolute atomic E-state index is 0. The second kappa shape index (κ2) is 8.43. The summed E-state index contributed by atoms with van der Waals surface area (Å²) < 4.78 is 0. The number of nitrogens with one attached hydrogen (secondary N) is 1. The summed E-state index contributed by atoms with van der Waals surface area (Å²) in [6.45, 7) is 0.641. The van der Waals surface area contributed by atoms with Crippen LogP contribution in [0.3, 0.4) is 0 Å². The zero-order valence-electron chi connectivity index (χ0n) is 12.9. The molecule has 0 radical (unpaired) electrons. The maximum atomic E-state index is 12.0. The predicted octanol–water partition coefficient (Wildman–Crippen LogP) is 3.02. The summed E-state index contributed by atoms with van der Waals surface area (Å²) in [5.74, 6) is 0.247. The summed E-state index contributed by atoms with van der Waals surface area (Å²) in [4.78, 5) is 16.7. The molecule has 2 aromatic rings. The predicted molar refractivity (Wildman–Crippen MR) is 96.8 cm³/mol. The lowest BCUT2D eigenvalue weighted by molar-refractivity contribution is -0.124. The number of thiazole rings is 1. The molecule has 1 fully saturated rings. The lowest BCUT2D eigenvalue weighted by atomic mass is 10.1. The van der Waals surface area contributed by atoms with Gasteiger partial charge in [0.25, 0.3) is 0 Å². The maximum Gasteiger partial charge on any atom is 0.223 e. The number of nitrogens with zero attached hydrogens (tertiary/aromatic N) is 1.